The van der Waals surface area contributed by atoms with E-state index in [1.54, 1.807) is 12.3 Å². The number of hydrogen-bond donors (Lipinski definition) is 1. The summed E-state index contributed by atoms with van der Waals surface area (Å²) in [5.74, 6) is 1.74. The molecule has 1 aromatic carbocycles. The van der Waals surface area contributed by atoms with Crippen LogP contribution in [0.5, 0.6) is 11.6 Å². The van der Waals surface area contributed by atoms with Crippen molar-refractivity contribution in [3.8, 4) is 23.0 Å². The predicted molar refractivity (Wildman–Crippen MR) is 87.0 cm³/mol. The first-order valence-corrected chi connectivity index (χ1v) is 7.82. The number of aryl methyl sites for hydroxylation is 1. The molecule has 0 saturated heterocycles. The van der Waals surface area contributed by atoms with Crippen molar-refractivity contribution >= 4 is 15.9 Å². The Labute approximate surface area is 141 Å². The van der Waals surface area contributed by atoms with E-state index in [4.69, 9.17) is 9.84 Å². The Hall–Kier alpha value is -2.32. The molecule has 0 saturated carbocycles. The van der Waals surface area contributed by atoms with E-state index in [1.807, 2.05) is 30.3 Å². The number of nitrogens with zero attached hydrogens (tertiary/aromatic N) is 5. The molecule has 0 fully saturated rings. The zero-order valence-electron chi connectivity index (χ0n) is 12.1. The maximum absolute atomic E-state index is 8.81. The first kappa shape index (κ1) is 15.6. The molecule has 3 aromatic rings. The largest absolute Gasteiger partial charge is 0.439 e. The lowest BCUT2D eigenvalue weighted by Gasteiger charge is -2.04. The lowest BCUT2D eigenvalue weighted by atomic mass is 10.2. The van der Waals surface area contributed by atoms with Gasteiger partial charge in [0.1, 0.15) is 5.75 Å². The molecule has 3 rings (SSSR count). The maximum Gasteiger partial charge on any atom is 0.219 e. The van der Waals surface area contributed by atoms with Crippen LogP contribution in [-0.4, -0.2) is 36.9 Å². The van der Waals surface area contributed by atoms with Crippen molar-refractivity contribution in [3.05, 3.63) is 47.1 Å². The van der Waals surface area contributed by atoms with Gasteiger partial charge in [-0.1, -0.05) is 0 Å². The highest BCUT2D eigenvalue weighted by atomic mass is 79.9. The van der Waals surface area contributed by atoms with Crippen LogP contribution in [0.1, 0.15) is 6.42 Å². The van der Waals surface area contributed by atoms with E-state index in [0.29, 0.717) is 30.4 Å². The summed E-state index contributed by atoms with van der Waals surface area (Å²) in [6.07, 6.45) is 2.28. The normalized spacial score (nSPS) is 10.7. The summed E-state index contributed by atoms with van der Waals surface area (Å²) in [5.41, 5.74) is 0.844. The van der Waals surface area contributed by atoms with Gasteiger partial charge in [-0.25, -0.2) is 4.98 Å². The first-order valence-electron chi connectivity index (χ1n) is 7.03. The van der Waals surface area contributed by atoms with E-state index >= 15 is 0 Å². The van der Waals surface area contributed by atoms with Gasteiger partial charge in [0.25, 0.3) is 0 Å². The van der Waals surface area contributed by atoms with Crippen molar-refractivity contribution in [2.75, 3.05) is 6.61 Å². The van der Waals surface area contributed by atoms with Crippen molar-refractivity contribution < 1.29 is 9.84 Å². The number of hydrogen-bond acceptors (Lipinski definition) is 6. The number of tetrazole rings is 1. The second kappa shape index (κ2) is 7.30. The number of aliphatic hydroxyl groups excluding tert-OH is 1. The summed E-state index contributed by atoms with van der Waals surface area (Å²) in [6, 6.07) is 11.0. The highest BCUT2D eigenvalue weighted by molar-refractivity contribution is 9.10. The van der Waals surface area contributed by atoms with Crippen molar-refractivity contribution in [2.24, 2.45) is 0 Å². The van der Waals surface area contributed by atoms with Gasteiger partial charge >= 0.3 is 0 Å². The van der Waals surface area contributed by atoms with E-state index < -0.39 is 0 Å². The second-order valence-corrected chi connectivity index (χ2v) is 5.64. The fraction of sp³-hybridized carbons (Fsp3) is 0.200. The molecule has 2 aromatic heterocycles. The molecule has 0 atom stereocenters. The molecule has 0 aliphatic heterocycles. The second-order valence-electron chi connectivity index (χ2n) is 4.73. The van der Waals surface area contributed by atoms with Crippen molar-refractivity contribution in [1.29, 1.82) is 0 Å². The number of halogens is 1. The fourth-order valence-electron chi connectivity index (χ4n) is 1.88. The van der Waals surface area contributed by atoms with Crippen molar-refractivity contribution in [2.45, 2.75) is 13.0 Å². The van der Waals surface area contributed by atoms with Crippen molar-refractivity contribution in [3.63, 3.8) is 0 Å². The van der Waals surface area contributed by atoms with Gasteiger partial charge in [-0.2, -0.15) is 4.80 Å². The van der Waals surface area contributed by atoms with Crippen LogP contribution in [0, 0.1) is 0 Å². The summed E-state index contributed by atoms with van der Waals surface area (Å²) in [7, 11) is 0. The molecule has 8 heteroatoms. The fourth-order valence-corrected chi connectivity index (χ4v) is 2.12. The number of pyridine rings is 1. The number of aromatic nitrogens is 5. The topological polar surface area (TPSA) is 86.0 Å². The van der Waals surface area contributed by atoms with E-state index in [2.05, 4.69) is 36.3 Å². The molecule has 0 spiro atoms. The summed E-state index contributed by atoms with van der Waals surface area (Å²) in [4.78, 5) is 5.63. The molecule has 0 radical (unpaired) electrons. The van der Waals surface area contributed by atoms with Crippen LogP contribution >= 0.6 is 15.9 Å². The van der Waals surface area contributed by atoms with Crippen LogP contribution in [0.25, 0.3) is 11.4 Å². The minimum absolute atomic E-state index is 0.104. The summed E-state index contributed by atoms with van der Waals surface area (Å²) in [6.45, 7) is 0.646. The average Bonchev–Trinajstić information content (AvgIpc) is 3.05. The zero-order valence-corrected chi connectivity index (χ0v) is 13.7. The molecule has 0 unspecified atom stereocenters. The third-order valence-corrected chi connectivity index (χ3v) is 3.47. The molecule has 2 heterocycles. The molecule has 1 N–H and O–H groups in total. The van der Waals surface area contributed by atoms with Gasteiger partial charge in [0, 0.05) is 28.9 Å². The summed E-state index contributed by atoms with van der Waals surface area (Å²) in [5, 5.41) is 21.0. The van der Waals surface area contributed by atoms with E-state index in [0.717, 1.165) is 10.0 Å². The lowest BCUT2D eigenvalue weighted by molar-refractivity contribution is 0.272. The Morgan fingerprint density at radius 3 is 2.65 bits per heavy atom. The zero-order chi connectivity index (χ0) is 16.1. The molecule has 0 bridgehead atoms. The Kier molecular flexibility index (Phi) is 4.94. The molecule has 0 aliphatic rings. The number of aliphatic hydroxyl groups is 1. The van der Waals surface area contributed by atoms with Gasteiger partial charge in [0.15, 0.2) is 0 Å². The third kappa shape index (κ3) is 4.11. The number of benzene rings is 1. The summed E-state index contributed by atoms with van der Waals surface area (Å²) < 4.78 is 6.56. The van der Waals surface area contributed by atoms with Gasteiger partial charge in [-0.3, -0.25) is 0 Å². The maximum atomic E-state index is 8.81. The smallest absolute Gasteiger partial charge is 0.219 e. The number of rotatable bonds is 6. The lowest BCUT2D eigenvalue weighted by Crippen LogP contribution is -2.04. The van der Waals surface area contributed by atoms with Crippen LogP contribution in [0.15, 0.2) is 47.1 Å². The van der Waals surface area contributed by atoms with Gasteiger partial charge in [-0.15, -0.1) is 10.2 Å². The van der Waals surface area contributed by atoms with Crippen molar-refractivity contribution in [1.82, 2.24) is 25.2 Å². The minimum Gasteiger partial charge on any atom is -0.439 e. The van der Waals surface area contributed by atoms with Gasteiger partial charge in [0.2, 0.25) is 11.7 Å². The minimum atomic E-state index is 0.104. The Morgan fingerprint density at radius 1 is 1.13 bits per heavy atom. The molecule has 0 aliphatic carbocycles. The SMILES string of the molecule is OCCCn1nnc(-c2ccc(Oc3ccc(Br)cn3)cc2)n1. The average molecular weight is 376 g/mol. The molecular weight excluding hydrogens is 362 g/mol. The van der Waals surface area contributed by atoms with Gasteiger partial charge in [-0.05, 0) is 57.9 Å². The predicted octanol–water partition coefficient (Wildman–Crippen LogP) is 2.67. The van der Waals surface area contributed by atoms with Crippen LogP contribution in [-0.2, 0) is 6.54 Å². The van der Waals surface area contributed by atoms with Crippen LogP contribution in [0.3, 0.4) is 0 Å². The van der Waals surface area contributed by atoms with E-state index in [-0.39, 0.29) is 6.61 Å². The van der Waals surface area contributed by atoms with Gasteiger partial charge < -0.3 is 9.84 Å². The molecular formula is C15H14BrN5O2. The Balaban J connectivity index is 1.69. The molecule has 118 valence electrons. The highest BCUT2D eigenvalue weighted by Crippen LogP contribution is 2.23. The molecule has 7 nitrogen and oxygen atoms in total. The monoisotopic (exact) mass is 375 g/mol. The molecule has 23 heavy (non-hydrogen) atoms. The third-order valence-electron chi connectivity index (χ3n) is 3.00. The first-order chi connectivity index (χ1) is 11.2. The quantitative estimate of drug-likeness (QED) is 0.712. The van der Waals surface area contributed by atoms with Gasteiger partial charge in [0.05, 0.1) is 6.54 Å². The Morgan fingerprint density at radius 2 is 1.96 bits per heavy atom. The van der Waals surface area contributed by atoms with Crippen LogP contribution in [0.4, 0.5) is 0 Å². The molecule has 0 amide bonds. The highest BCUT2D eigenvalue weighted by Gasteiger charge is 2.06. The van der Waals surface area contributed by atoms with Crippen LogP contribution < -0.4 is 4.74 Å². The Bertz CT molecular complexity index is 758. The standard InChI is InChI=1S/C15H14BrN5O2/c16-12-4-7-14(17-10-12)23-13-5-2-11(3-6-13)15-18-20-21(19-15)8-1-9-22/h2-7,10,22H,1,8-9H2. The van der Waals surface area contributed by atoms with E-state index in [9.17, 15) is 0 Å². The van der Waals surface area contributed by atoms with Crippen LogP contribution in [0.2, 0.25) is 0 Å². The van der Waals surface area contributed by atoms with E-state index in [1.165, 1.54) is 4.80 Å². The number of ether oxygens (including phenoxy) is 1. The summed E-state index contributed by atoms with van der Waals surface area (Å²) >= 11 is 3.33.